The second kappa shape index (κ2) is 8.19. The van der Waals surface area contributed by atoms with E-state index in [0.29, 0.717) is 11.3 Å². The number of aryl methyl sites for hydroxylation is 2. The van der Waals surface area contributed by atoms with Crippen LogP contribution in [0.4, 0.5) is 5.69 Å². The standard InChI is InChI=1S/C21H24N4O5S/c1-5-6-17(26)21(3)12-30-19-16(31(28,29)24-21)11-25(4)18(19)20(27)23-15-8-7-13(2)14(9-15)10-22/h5,7-9,11,17,24,26H,1,6,12H2,2-4H3,(H,23,27)/t17-,21-/m0/s1. The van der Waals surface area contributed by atoms with Crippen molar-refractivity contribution in [2.24, 2.45) is 7.05 Å². The second-order valence-electron chi connectivity index (χ2n) is 7.73. The highest BCUT2D eigenvalue weighted by molar-refractivity contribution is 7.89. The first-order chi connectivity index (χ1) is 14.5. The van der Waals surface area contributed by atoms with E-state index in [-0.39, 0.29) is 29.4 Å². The maximum absolute atomic E-state index is 13.0. The molecule has 0 fully saturated rings. The summed E-state index contributed by atoms with van der Waals surface area (Å²) in [7, 11) is -2.56. The minimum Gasteiger partial charge on any atom is -0.488 e. The number of aliphatic hydroxyl groups excluding tert-OH is 1. The Kier molecular flexibility index (Phi) is 5.96. The number of nitrogens with zero attached hydrogens (tertiary/aromatic N) is 2. The summed E-state index contributed by atoms with van der Waals surface area (Å²) < 4.78 is 35.6. The Bertz CT molecular complexity index is 1200. The number of amides is 1. The number of hydrogen-bond acceptors (Lipinski definition) is 6. The van der Waals surface area contributed by atoms with E-state index in [2.05, 4.69) is 22.7 Å². The van der Waals surface area contributed by atoms with Gasteiger partial charge < -0.3 is 19.7 Å². The number of carbonyl (C=O) groups is 1. The van der Waals surface area contributed by atoms with Gasteiger partial charge >= 0.3 is 0 Å². The van der Waals surface area contributed by atoms with E-state index in [4.69, 9.17) is 4.74 Å². The van der Waals surface area contributed by atoms with Gasteiger partial charge in [0, 0.05) is 18.9 Å². The van der Waals surface area contributed by atoms with E-state index < -0.39 is 27.6 Å². The van der Waals surface area contributed by atoms with Gasteiger partial charge in [-0.25, -0.2) is 8.42 Å². The average molecular weight is 445 g/mol. The quantitative estimate of drug-likeness (QED) is 0.603. The Labute approximate surface area is 181 Å². The fourth-order valence-corrected chi connectivity index (χ4v) is 4.99. The third-order valence-corrected chi connectivity index (χ3v) is 6.84. The molecule has 10 heteroatoms. The van der Waals surface area contributed by atoms with Crippen LogP contribution in [0.5, 0.6) is 5.75 Å². The lowest BCUT2D eigenvalue weighted by atomic mass is 9.94. The molecule has 2 atom stereocenters. The predicted octanol–water partition coefficient (Wildman–Crippen LogP) is 1.82. The number of fused-ring (bicyclic) bond motifs is 1. The summed E-state index contributed by atoms with van der Waals surface area (Å²) in [6.07, 6.45) is 1.85. The highest BCUT2D eigenvalue weighted by Crippen LogP contribution is 2.35. The van der Waals surface area contributed by atoms with Crippen LogP contribution < -0.4 is 14.8 Å². The van der Waals surface area contributed by atoms with Gasteiger partial charge in [-0.1, -0.05) is 12.1 Å². The Hall–Kier alpha value is -3.13. The number of rotatable bonds is 5. The van der Waals surface area contributed by atoms with Crippen molar-refractivity contribution in [2.45, 2.75) is 36.8 Å². The number of aromatic nitrogens is 1. The normalized spacial score (nSPS) is 20.5. The summed E-state index contributed by atoms with van der Waals surface area (Å²) in [5.74, 6) is -0.698. The van der Waals surface area contributed by atoms with Gasteiger partial charge in [0.25, 0.3) is 5.91 Å². The fraction of sp³-hybridized carbons (Fsp3) is 0.333. The van der Waals surface area contributed by atoms with Gasteiger partial charge in [-0.15, -0.1) is 6.58 Å². The Morgan fingerprint density at radius 2 is 2.26 bits per heavy atom. The van der Waals surface area contributed by atoms with Crippen LogP contribution in [-0.4, -0.2) is 42.2 Å². The third kappa shape index (κ3) is 4.20. The van der Waals surface area contributed by atoms with E-state index in [1.807, 2.05) is 0 Å². The van der Waals surface area contributed by atoms with Gasteiger partial charge in [0.2, 0.25) is 10.0 Å². The summed E-state index contributed by atoms with van der Waals surface area (Å²) >= 11 is 0. The lowest BCUT2D eigenvalue weighted by Gasteiger charge is -2.32. The van der Waals surface area contributed by atoms with Crippen molar-refractivity contribution in [3.63, 3.8) is 0 Å². The molecule has 0 radical (unpaired) electrons. The molecular formula is C21H24N4O5S. The van der Waals surface area contributed by atoms with E-state index in [1.54, 1.807) is 19.1 Å². The minimum absolute atomic E-state index is 0.00178. The third-order valence-electron chi connectivity index (χ3n) is 5.23. The molecule has 0 saturated heterocycles. The smallest absolute Gasteiger partial charge is 0.276 e. The topological polar surface area (TPSA) is 133 Å². The number of anilines is 1. The number of ether oxygens (including phenoxy) is 1. The van der Waals surface area contributed by atoms with Crippen molar-refractivity contribution >= 4 is 21.6 Å². The van der Waals surface area contributed by atoms with Crippen molar-refractivity contribution in [3.05, 3.63) is 53.9 Å². The van der Waals surface area contributed by atoms with Gasteiger partial charge in [0.15, 0.2) is 11.4 Å². The van der Waals surface area contributed by atoms with Crippen LogP contribution in [0.2, 0.25) is 0 Å². The van der Waals surface area contributed by atoms with Gasteiger partial charge in [-0.05, 0) is 38.0 Å². The van der Waals surface area contributed by atoms with Crippen molar-refractivity contribution in [3.8, 4) is 11.8 Å². The van der Waals surface area contributed by atoms with Gasteiger partial charge in [-0.3, -0.25) is 4.79 Å². The molecule has 0 aliphatic carbocycles. The molecule has 2 aromatic rings. The number of aliphatic hydroxyl groups is 1. The zero-order valence-corrected chi connectivity index (χ0v) is 18.3. The van der Waals surface area contributed by atoms with Gasteiger partial charge in [-0.2, -0.15) is 9.98 Å². The first-order valence-corrected chi connectivity index (χ1v) is 11.0. The minimum atomic E-state index is -4.09. The molecule has 0 saturated carbocycles. The first-order valence-electron chi connectivity index (χ1n) is 9.49. The highest BCUT2D eigenvalue weighted by Gasteiger charge is 2.43. The molecule has 9 nitrogen and oxygen atoms in total. The van der Waals surface area contributed by atoms with E-state index >= 15 is 0 Å². The first kappa shape index (κ1) is 22.6. The molecule has 1 aliphatic rings. The molecule has 3 N–H and O–H groups in total. The van der Waals surface area contributed by atoms with Crippen LogP contribution in [-0.2, 0) is 17.1 Å². The molecule has 1 amide bonds. The summed E-state index contributed by atoms with van der Waals surface area (Å²) in [4.78, 5) is 12.8. The maximum Gasteiger partial charge on any atom is 0.276 e. The van der Waals surface area contributed by atoms with Crippen molar-refractivity contribution < 1.29 is 23.1 Å². The Morgan fingerprint density at radius 1 is 1.55 bits per heavy atom. The zero-order chi connectivity index (χ0) is 23.0. The molecule has 0 unspecified atom stereocenters. The molecule has 3 rings (SSSR count). The molecule has 0 bridgehead atoms. The summed E-state index contributed by atoms with van der Waals surface area (Å²) in [5.41, 5.74) is 0.263. The maximum atomic E-state index is 13.0. The van der Waals surface area contributed by atoms with E-state index in [1.165, 1.54) is 36.9 Å². The highest BCUT2D eigenvalue weighted by atomic mass is 32.2. The number of sulfonamides is 1. The summed E-state index contributed by atoms with van der Waals surface area (Å²) in [5, 5.41) is 22.3. The largest absolute Gasteiger partial charge is 0.488 e. The predicted molar refractivity (Wildman–Crippen MR) is 114 cm³/mol. The molecular weight excluding hydrogens is 420 g/mol. The fourth-order valence-electron chi connectivity index (χ4n) is 3.38. The average Bonchev–Trinajstić information content (AvgIpc) is 3.00. The van der Waals surface area contributed by atoms with E-state index in [0.717, 1.165) is 5.56 Å². The Balaban J connectivity index is 1.98. The van der Waals surface area contributed by atoms with Crippen LogP contribution in [0, 0.1) is 18.3 Å². The number of nitriles is 1. The Morgan fingerprint density at radius 3 is 2.90 bits per heavy atom. The molecule has 0 spiro atoms. The van der Waals surface area contributed by atoms with Crippen LogP contribution in [0.3, 0.4) is 0 Å². The molecule has 2 heterocycles. The van der Waals surface area contributed by atoms with Gasteiger partial charge in [0.1, 0.15) is 11.5 Å². The second-order valence-corrected chi connectivity index (χ2v) is 9.38. The number of carbonyl (C=O) groups excluding carboxylic acids is 1. The van der Waals surface area contributed by atoms with Gasteiger partial charge in [0.05, 0.1) is 23.3 Å². The number of benzene rings is 1. The molecule has 1 aromatic heterocycles. The van der Waals surface area contributed by atoms with Crippen LogP contribution in [0.1, 0.15) is 35.0 Å². The van der Waals surface area contributed by atoms with Crippen molar-refractivity contribution in [1.82, 2.24) is 9.29 Å². The number of hydrogen-bond donors (Lipinski definition) is 3. The van der Waals surface area contributed by atoms with E-state index in [9.17, 15) is 23.6 Å². The molecule has 164 valence electrons. The SMILES string of the molecule is C=CC[C@H](O)[C@]1(C)COc2c(cn(C)c2C(=O)Nc2ccc(C)c(C#N)c2)S(=O)(=O)N1. The lowest BCUT2D eigenvalue weighted by Crippen LogP contribution is -2.56. The summed E-state index contributed by atoms with van der Waals surface area (Å²) in [6.45, 7) is 6.69. The number of nitrogens with one attached hydrogen (secondary N) is 2. The van der Waals surface area contributed by atoms with Crippen LogP contribution in [0.15, 0.2) is 41.9 Å². The molecule has 1 aromatic carbocycles. The monoisotopic (exact) mass is 444 g/mol. The molecule has 1 aliphatic heterocycles. The zero-order valence-electron chi connectivity index (χ0n) is 17.5. The molecule has 31 heavy (non-hydrogen) atoms. The summed E-state index contributed by atoms with van der Waals surface area (Å²) in [6, 6.07) is 6.95. The lowest BCUT2D eigenvalue weighted by molar-refractivity contribution is 0.0542. The van der Waals surface area contributed by atoms with Crippen molar-refractivity contribution in [1.29, 1.82) is 5.26 Å². The van der Waals surface area contributed by atoms with Crippen molar-refractivity contribution in [2.75, 3.05) is 11.9 Å². The van der Waals surface area contributed by atoms with Crippen LogP contribution >= 0.6 is 0 Å². The van der Waals surface area contributed by atoms with Crippen LogP contribution in [0.25, 0.3) is 0 Å².